The number of hydrogen-bond donors (Lipinski definition) is 2. The molecule has 0 fully saturated rings. The summed E-state index contributed by atoms with van der Waals surface area (Å²) < 4.78 is 22.5. The fourth-order valence-electron chi connectivity index (χ4n) is 2.25. The molecule has 134 valence electrons. The van der Waals surface area contributed by atoms with Crippen LogP contribution in [0.4, 0.5) is 0 Å². The predicted molar refractivity (Wildman–Crippen MR) is 101 cm³/mol. The van der Waals surface area contributed by atoms with Gasteiger partial charge in [0, 0.05) is 11.4 Å². The lowest BCUT2D eigenvalue weighted by Gasteiger charge is -2.10. The van der Waals surface area contributed by atoms with Gasteiger partial charge < -0.3 is 5.32 Å². The van der Waals surface area contributed by atoms with E-state index in [1.807, 2.05) is 24.3 Å². The monoisotopic (exact) mass is 378 g/mol. The van der Waals surface area contributed by atoms with Gasteiger partial charge in [0.25, 0.3) is 5.91 Å². The van der Waals surface area contributed by atoms with Crippen molar-refractivity contribution in [3.63, 3.8) is 0 Å². The van der Waals surface area contributed by atoms with Crippen molar-refractivity contribution in [3.05, 3.63) is 59.7 Å². The molecule has 2 aromatic rings. The quantitative estimate of drug-likeness (QED) is 0.691. The van der Waals surface area contributed by atoms with Crippen molar-refractivity contribution in [1.29, 1.82) is 0 Å². The van der Waals surface area contributed by atoms with E-state index in [9.17, 15) is 13.2 Å². The summed E-state index contributed by atoms with van der Waals surface area (Å²) in [4.78, 5) is 13.5. The Labute approximate surface area is 153 Å². The third-order valence-corrected chi connectivity index (χ3v) is 5.75. The van der Waals surface area contributed by atoms with Crippen molar-refractivity contribution >= 4 is 27.7 Å². The van der Waals surface area contributed by atoms with Gasteiger partial charge in [-0.05, 0) is 48.4 Å². The molecule has 0 spiro atoms. The molecule has 0 aliphatic rings. The Bertz CT molecular complexity index is 818. The lowest BCUT2D eigenvalue weighted by Crippen LogP contribution is -2.26. The Morgan fingerprint density at radius 1 is 1.12 bits per heavy atom. The first kappa shape index (κ1) is 19.5. The van der Waals surface area contributed by atoms with Gasteiger partial charge in [-0.2, -0.15) is 0 Å². The lowest BCUT2D eigenvalue weighted by molar-refractivity contribution is 0.0951. The normalized spacial score (nSPS) is 11.3. The lowest BCUT2D eigenvalue weighted by atomic mass is 10.1. The molecule has 0 radical (unpaired) electrons. The topological polar surface area (TPSA) is 89.3 Å². The Morgan fingerprint density at radius 3 is 2.44 bits per heavy atom. The number of thioether (sulfide) groups is 1. The first-order valence-corrected chi connectivity index (χ1v) is 10.6. The van der Waals surface area contributed by atoms with E-state index in [1.165, 1.54) is 12.1 Å². The van der Waals surface area contributed by atoms with Crippen LogP contribution in [-0.2, 0) is 16.4 Å². The van der Waals surface area contributed by atoms with Gasteiger partial charge in [0.1, 0.15) is 0 Å². The molecule has 0 bridgehead atoms. The molecule has 0 heterocycles. The van der Waals surface area contributed by atoms with E-state index in [4.69, 9.17) is 5.14 Å². The number of nitrogens with one attached hydrogen (secondary N) is 1. The zero-order valence-electron chi connectivity index (χ0n) is 14.1. The molecule has 0 saturated carbocycles. The van der Waals surface area contributed by atoms with Crippen LogP contribution in [-0.4, -0.2) is 26.6 Å². The second-order valence-corrected chi connectivity index (χ2v) is 8.24. The molecule has 0 aromatic heterocycles. The number of benzene rings is 2. The maximum atomic E-state index is 12.4. The molecule has 0 aliphatic carbocycles. The highest BCUT2D eigenvalue weighted by Crippen LogP contribution is 2.23. The van der Waals surface area contributed by atoms with E-state index < -0.39 is 10.0 Å². The minimum Gasteiger partial charge on any atom is -0.352 e. The number of sulfonamides is 1. The van der Waals surface area contributed by atoms with Crippen LogP contribution in [0.15, 0.2) is 58.3 Å². The van der Waals surface area contributed by atoms with Crippen molar-refractivity contribution in [3.8, 4) is 0 Å². The van der Waals surface area contributed by atoms with E-state index >= 15 is 0 Å². The van der Waals surface area contributed by atoms with Gasteiger partial charge in [0.15, 0.2) is 0 Å². The van der Waals surface area contributed by atoms with Gasteiger partial charge in [-0.15, -0.1) is 11.8 Å². The standard InChI is InChI=1S/C18H22N2O3S2/c1-2-13-24-17-6-4-3-5-16(17)18(21)20-12-11-14-7-9-15(10-8-14)25(19,22)23/h3-10H,2,11-13H2,1H3,(H,20,21)(H2,19,22,23). The number of amides is 1. The fraction of sp³-hybridized carbons (Fsp3) is 0.278. The van der Waals surface area contributed by atoms with Gasteiger partial charge in [0.05, 0.1) is 10.5 Å². The van der Waals surface area contributed by atoms with Crippen molar-refractivity contribution < 1.29 is 13.2 Å². The van der Waals surface area contributed by atoms with E-state index in [1.54, 1.807) is 23.9 Å². The molecule has 5 nitrogen and oxygen atoms in total. The molecule has 0 saturated heterocycles. The molecule has 2 rings (SSSR count). The summed E-state index contributed by atoms with van der Waals surface area (Å²) >= 11 is 1.68. The molecule has 25 heavy (non-hydrogen) atoms. The summed E-state index contributed by atoms with van der Waals surface area (Å²) in [6, 6.07) is 13.9. The summed E-state index contributed by atoms with van der Waals surface area (Å²) in [5.74, 6) is 0.876. The van der Waals surface area contributed by atoms with E-state index in [0.717, 1.165) is 22.6 Å². The molecular formula is C18H22N2O3S2. The van der Waals surface area contributed by atoms with Gasteiger partial charge in [-0.25, -0.2) is 13.6 Å². The molecular weight excluding hydrogens is 356 g/mol. The number of primary sulfonamides is 1. The average Bonchev–Trinajstić information content (AvgIpc) is 2.60. The van der Waals surface area contributed by atoms with Crippen molar-refractivity contribution in [2.75, 3.05) is 12.3 Å². The summed E-state index contributed by atoms with van der Waals surface area (Å²) in [5.41, 5.74) is 1.62. The highest BCUT2D eigenvalue weighted by molar-refractivity contribution is 7.99. The maximum Gasteiger partial charge on any atom is 0.252 e. The van der Waals surface area contributed by atoms with Crippen molar-refractivity contribution in [1.82, 2.24) is 5.32 Å². The van der Waals surface area contributed by atoms with Crippen LogP contribution in [0.5, 0.6) is 0 Å². The van der Waals surface area contributed by atoms with E-state index in [2.05, 4.69) is 12.2 Å². The smallest absolute Gasteiger partial charge is 0.252 e. The number of rotatable bonds is 8. The minimum atomic E-state index is -3.67. The molecule has 7 heteroatoms. The van der Waals surface area contributed by atoms with Crippen LogP contribution in [0.3, 0.4) is 0 Å². The molecule has 3 N–H and O–H groups in total. The van der Waals surface area contributed by atoms with Crippen molar-refractivity contribution in [2.45, 2.75) is 29.6 Å². The molecule has 2 aromatic carbocycles. The van der Waals surface area contributed by atoms with Crippen LogP contribution >= 0.6 is 11.8 Å². The summed E-state index contributed by atoms with van der Waals surface area (Å²) in [6.07, 6.45) is 1.66. The fourth-order valence-corrected chi connectivity index (χ4v) is 3.68. The largest absolute Gasteiger partial charge is 0.352 e. The highest BCUT2D eigenvalue weighted by Gasteiger charge is 2.11. The van der Waals surface area contributed by atoms with Crippen LogP contribution in [0.2, 0.25) is 0 Å². The number of carbonyl (C=O) groups excluding carboxylic acids is 1. The second-order valence-electron chi connectivity index (χ2n) is 5.54. The SMILES string of the molecule is CCCSc1ccccc1C(=O)NCCc1ccc(S(N)(=O)=O)cc1. The van der Waals surface area contributed by atoms with E-state index in [0.29, 0.717) is 18.5 Å². The summed E-state index contributed by atoms with van der Waals surface area (Å²) in [5, 5.41) is 7.99. The minimum absolute atomic E-state index is 0.0853. The summed E-state index contributed by atoms with van der Waals surface area (Å²) in [7, 11) is -3.67. The third-order valence-electron chi connectivity index (χ3n) is 3.54. The van der Waals surface area contributed by atoms with Gasteiger partial charge in [-0.3, -0.25) is 4.79 Å². The Kier molecular flexibility index (Phi) is 7.04. The van der Waals surface area contributed by atoms with Crippen LogP contribution in [0, 0.1) is 0 Å². The third kappa shape index (κ3) is 5.88. The van der Waals surface area contributed by atoms with E-state index in [-0.39, 0.29) is 10.8 Å². The van der Waals surface area contributed by atoms with Gasteiger partial charge in [-0.1, -0.05) is 31.2 Å². The number of nitrogens with two attached hydrogens (primary N) is 1. The van der Waals surface area contributed by atoms with Crippen LogP contribution < -0.4 is 10.5 Å². The van der Waals surface area contributed by atoms with Crippen LogP contribution in [0.1, 0.15) is 29.3 Å². The number of carbonyl (C=O) groups is 1. The highest BCUT2D eigenvalue weighted by atomic mass is 32.2. The van der Waals surface area contributed by atoms with Crippen molar-refractivity contribution in [2.24, 2.45) is 5.14 Å². The Hall–Kier alpha value is -1.83. The Morgan fingerprint density at radius 2 is 1.80 bits per heavy atom. The molecule has 0 unspecified atom stereocenters. The molecule has 0 atom stereocenters. The zero-order chi connectivity index (χ0) is 18.3. The predicted octanol–water partition coefficient (Wildman–Crippen LogP) is 2.81. The van der Waals surface area contributed by atoms with Crippen LogP contribution in [0.25, 0.3) is 0 Å². The zero-order valence-corrected chi connectivity index (χ0v) is 15.7. The average molecular weight is 379 g/mol. The molecule has 1 amide bonds. The summed E-state index contributed by atoms with van der Waals surface area (Å²) in [6.45, 7) is 2.58. The molecule has 0 aliphatic heterocycles. The second kappa shape index (κ2) is 9.03. The Balaban J connectivity index is 1.92. The first-order valence-electron chi connectivity index (χ1n) is 8.03. The number of hydrogen-bond acceptors (Lipinski definition) is 4. The first-order chi connectivity index (χ1) is 11.9. The maximum absolute atomic E-state index is 12.4. The van der Waals surface area contributed by atoms with Gasteiger partial charge in [0.2, 0.25) is 10.0 Å². The van der Waals surface area contributed by atoms with Gasteiger partial charge >= 0.3 is 0 Å².